The molecule has 8 nitrogen and oxygen atoms in total. The van der Waals surface area contributed by atoms with Crippen LogP contribution in [0.3, 0.4) is 0 Å². The number of carbonyl (C=O) groups is 2. The molecule has 6 rings (SSSR count). The Bertz CT molecular complexity index is 1290. The predicted molar refractivity (Wildman–Crippen MR) is 126 cm³/mol. The van der Waals surface area contributed by atoms with Gasteiger partial charge in [-0.15, -0.1) is 0 Å². The highest BCUT2D eigenvalue weighted by Gasteiger charge is 2.37. The second kappa shape index (κ2) is 8.65. The lowest BCUT2D eigenvalue weighted by molar-refractivity contribution is -0.117. The first-order valence-electron chi connectivity index (χ1n) is 11.7. The number of ether oxygens (including phenoxy) is 2. The smallest absolute Gasteiger partial charge is 0.318 e. The molecule has 3 aliphatic rings. The van der Waals surface area contributed by atoms with E-state index < -0.39 is 6.04 Å². The van der Waals surface area contributed by atoms with Gasteiger partial charge in [-0.3, -0.25) is 4.79 Å². The molecule has 3 aliphatic heterocycles. The Hall–Kier alpha value is -4.01. The number of hydrogen-bond donors (Lipinski definition) is 1. The molecule has 180 valence electrons. The van der Waals surface area contributed by atoms with Gasteiger partial charge in [0.2, 0.25) is 5.91 Å². The Labute approximate surface area is 201 Å². The minimum Gasteiger partial charge on any atom is -0.486 e. The van der Waals surface area contributed by atoms with E-state index in [0.717, 1.165) is 5.69 Å². The molecule has 9 heteroatoms. The van der Waals surface area contributed by atoms with Crippen LogP contribution in [0.4, 0.5) is 14.9 Å². The summed E-state index contributed by atoms with van der Waals surface area (Å²) in [5.41, 5.74) is 2.01. The Morgan fingerprint density at radius 1 is 1.00 bits per heavy atom. The van der Waals surface area contributed by atoms with Gasteiger partial charge in [0.15, 0.2) is 11.5 Å². The van der Waals surface area contributed by atoms with Gasteiger partial charge in [-0.1, -0.05) is 18.2 Å². The van der Waals surface area contributed by atoms with Crippen LogP contribution in [-0.4, -0.2) is 53.8 Å². The van der Waals surface area contributed by atoms with Crippen LogP contribution in [0.25, 0.3) is 0 Å². The van der Waals surface area contributed by atoms with Crippen LogP contribution >= 0.6 is 0 Å². The molecule has 1 aromatic heterocycles. The number of fused-ring (bicyclic) bond motifs is 2. The lowest BCUT2D eigenvalue weighted by Crippen LogP contribution is -2.50. The zero-order valence-corrected chi connectivity index (χ0v) is 19.0. The molecule has 0 radical (unpaired) electrons. The van der Waals surface area contributed by atoms with Crippen molar-refractivity contribution in [3.05, 3.63) is 77.9 Å². The third kappa shape index (κ3) is 3.86. The number of amides is 3. The summed E-state index contributed by atoms with van der Waals surface area (Å²) in [6, 6.07) is 14.6. The van der Waals surface area contributed by atoms with E-state index in [9.17, 15) is 14.0 Å². The van der Waals surface area contributed by atoms with Crippen molar-refractivity contribution in [2.24, 2.45) is 0 Å². The fraction of sp³-hybridized carbons (Fsp3) is 0.308. The van der Waals surface area contributed by atoms with Crippen LogP contribution in [0.5, 0.6) is 11.5 Å². The Balaban J connectivity index is 1.21. The van der Waals surface area contributed by atoms with Gasteiger partial charge in [0, 0.05) is 55.3 Å². The molecule has 0 unspecified atom stereocenters. The quantitative estimate of drug-likeness (QED) is 0.629. The van der Waals surface area contributed by atoms with Crippen LogP contribution < -0.4 is 19.7 Å². The number of nitrogens with one attached hydrogen (secondary N) is 1. The number of aromatic nitrogens is 1. The fourth-order valence-electron chi connectivity index (χ4n) is 5.14. The van der Waals surface area contributed by atoms with Gasteiger partial charge in [0.05, 0.1) is 6.04 Å². The molecule has 35 heavy (non-hydrogen) atoms. The normalized spacial score (nSPS) is 21.1. The average molecular weight is 477 g/mol. The maximum atomic E-state index is 14.8. The molecule has 0 spiro atoms. The molecule has 3 amide bonds. The summed E-state index contributed by atoms with van der Waals surface area (Å²) in [5.74, 6) is 0.833. The highest BCUT2D eigenvalue weighted by atomic mass is 19.1. The van der Waals surface area contributed by atoms with E-state index in [2.05, 4.69) is 5.32 Å². The third-order valence-corrected chi connectivity index (χ3v) is 6.79. The van der Waals surface area contributed by atoms with E-state index in [4.69, 9.17) is 9.47 Å². The summed E-state index contributed by atoms with van der Waals surface area (Å²) in [7, 11) is 0. The van der Waals surface area contributed by atoms with Crippen LogP contribution in [0.2, 0.25) is 0 Å². The Morgan fingerprint density at radius 2 is 1.83 bits per heavy atom. The molecule has 2 aromatic carbocycles. The Morgan fingerprint density at radius 3 is 2.69 bits per heavy atom. The van der Waals surface area contributed by atoms with Gasteiger partial charge in [0.1, 0.15) is 25.1 Å². The van der Waals surface area contributed by atoms with Crippen LogP contribution in [0.1, 0.15) is 23.7 Å². The van der Waals surface area contributed by atoms with Crippen molar-refractivity contribution >= 4 is 17.6 Å². The third-order valence-electron chi connectivity index (χ3n) is 6.79. The molecular formula is C26H25FN4O4. The van der Waals surface area contributed by atoms with Crippen molar-refractivity contribution < 1.29 is 23.5 Å². The monoisotopic (exact) mass is 476 g/mol. The van der Waals surface area contributed by atoms with Gasteiger partial charge in [-0.2, -0.15) is 0 Å². The summed E-state index contributed by atoms with van der Waals surface area (Å²) >= 11 is 0. The first kappa shape index (κ1) is 21.5. The average Bonchev–Trinajstić information content (AvgIpc) is 3.50. The van der Waals surface area contributed by atoms with Gasteiger partial charge < -0.3 is 29.2 Å². The number of carbonyl (C=O) groups excluding carboxylic acids is 2. The van der Waals surface area contributed by atoms with Crippen molar-refractivity contribution in [1.29, 1.82) is 0 Å². The fourth-order valence-corrected chi connectivity index (χ4v) is 5.14. The summed E-state index contributed by atoms with van der Waals surface area (Å²) in [6.07, 6.45) is 2.13. The summed E-state index contributed by atoms with van der Waals surface area (Å²) < 4.78 is 28.0. The van der Waals surface area contributed by atoms with E-state index in [1.54, 1.807) is 40.1 Å². The maximum Gasteiger partial charge on any atom is 0.318 e. The summed E-state index contributed by atoms with van der Waals surface area (Å²) in [5, 5.41) is 3.02. The molecule has 1 N–H and O–H groups in total. The summed E-state index contributed by atoms with van der Waals surface area (Å²) in [4.78, 5) is 29.6. The number of halogens is 1. The highest BCUT2D eigenvalue weighted by Crippen LogP contribution is 2.36. The maximum absolute atomic E-state index is 14.8. The molecule has 2 atom stereocenters. The minimum absolute atomic E-state index is 0.0786. The predicted octanol–water partition coefficient (Wildman–Crippen LogP) is 3.32. The van der Waals surface area contributed by atoms with Crippen molar-refractivity contribution in [2.45, 2.75) is 25.0 Å². The molecule has 0 saturated carbocycles. The molecule has 0 aliphatic carbocycles. The lowest BCUT2D eigenvalue weighted by atomic mass is 9.99. The number of urea groups is 1. The molecular weight excluding hydrogens is 451 g/mol. The van der Waals surface area contributed by atoms with Crippen LogP contribution in [0.15, 0.2) is 60.8 Å². The zero-order valence-electron chi connectivity index (χ0n) is 19.0. The van der Waals surface area contributed by atoms with Gasteiger partial charge >= 0.3 is 6.03 Å². The van der Waals surface area contributed by atoms with Crippen molar-refractivity contribution in [1.82, 2.24) is 14.8 Å². The minimum atomic E-state index is -0.550. The second-order valence-corrected chi connectivity index (χ2v) is 8.93. The summed E-state index contributed by atoms with van der Waals surface area (Å²) in [6.45, 7) is 2.36. The number of anilines is 1. The van der Waals surface area contributed by atoms with E-state index in [-0.39, 0.29) is 30.2 Å². The largest absolute Gasteiger partial charge is 0.486 e. The number of nitrogens with zero attached hydrogens (tertiary/aromatic N) is 3. The molecule has 3 aromatic rings. The van der Waals surface area contributed by atoms with Crippen molar-refractivity contribution in [3.63, 3.8) is 0 Å². The van der Waals surface area contributed by atoms with E-state index in [0.29, 0.717) is 55.6 Å². The number of rotatable bonds is 3. The first-order chi connectivity index (χ1) is 17.1. The van der Waals surface area contributed by atoms with Gasteiger partial charge in [0.25, 0.3) is 0 Å². The standard InChI is InChI=1S/C26H25FN4O4/c27-20-5-2-1-4-19(20)25-21-6-3-9-29(21)10-11-30(25)26(33)28-17-14-24(32)31(16-17)18-7-8-22-23(15-18)35-13-12-34-22/h1-9,15,17,25H,10-14,16H2,(H,28,33)/t17-,25+/m1/s1. The van der Waals surface area contributed by atoms with Crippen LogP contribution in [-0.2, 0) is 11.3 Å². The van der Waals surface area contributed by atoms with E-state index >= 15 is 0 Å². The zero-order chi connectivity index (χ0) is 23.9. The van der Waals surface area contributed by atoms with Gasteiger partial charge in [-0.05, 0) is 30.3 Å². The topological polar surface area (TPSA) is 76.0 Å². The second-order valence-electron chi connectivity index (χ2n) is 8.93. The number of benzene rings is 2. The number of hydrogen-bond acceptors (Lipinski definition) is 4. The van der Waals surface area contributed by atoms with Gasteiger partial charge in [-0.25, -0.2) is 9.18 Å². The molecule has 0 bridgehead atoms. The van der Waals surface area contributed by atoms with Crippen LogP contribution in [0, 0.1) is 5.82 Å². The van der Waals surface area contributed by atoms with E-state index in [1.807, 2.05) is 29.0 Å². The van der Waals surface area contributed by atoms with Crippen molar-refractivity contribution in [2.75, 3.05) is 31.2 Å². The Kier molecular flexibility index (Phi) is 5.32. The SMILES string of the molecule is O=C1C[C@@H](NC(=O)N2CCn3cccc3[C@@H]2c2ccccc2F)CN1c1ccc2c(c1)OCCO2. The molecule has 1 fully saturated rings. The first-order valence-corrected chi connectivity index (χ1v) is 11.7. The van der Waals surface area contributed by atoms with E-state index in [1.165, 1.54) is 6.07 Å². The lowest BCUT2D eigenvalue weighted by Gasteiger charge is -2.38. The molecule has 1 saturated heterocycles. The highest BCUT2D eigenvalue weighted by molar-refractivity contribution is 5.97. The van der Waals surface area contributed by atoms with Crippen molar-refractivity contribution in [3.8, 4) is 11.5 Å². The molecule has 4 heterocycles.